The summed E-state index contributed by atoms with van der Waals surface area (Å²) < 4.78 is 10.8. The zero-order valence-corrected chi connectivity index (χ0v) is 13.4. The second-order valence-corrected chi connectivity index (χ2v) is 5.84. The highest BCUT2D eigenvalue weighted by Crippen LogP contribution is 2.25. The molecule has 2 N–H and O–H groups in total. The Hall–Kier alpha value is -1.63. The third kappa shape index (κ3) is 5.63. The van der Waals surface area contributed by atoms with E-state index in [2.05, 4.69) is 27.7 Å². The number of aryl methyl sites for hydroxylation is 1. The third-order valence-electron chi connectivity index (χ3n) is 3.95. The van der Waals surface area contributed by atoms with Gasteiger partial charge in [-0.05, 0) is 25.7 Å². The lowest BCUT2D eigenvalue weighted by molar-refractivity contribution is -0.00242. The van der Waals surface area contributed by atoms with Crippen LogP contribution in [0.5, 0.6) is 0 Å². The lowest BCUT2D eigenvalue weighted by atomic mass is 9.88. The number of carbonyl (C=O) groups is 1. The van der Waals surface area contributed by atoms with Gasteiger partial charge < -0.3 is 19.9 Å². The van der Waals surface area contributed by atoms with Gasteiger partial charge >= 0.3 is 6.03 Å². The van der Waals surface area contributed by atoms with E-state index in [1.54, 1.807) is 6.92 Å². The van der Waals surface area contributed by atoms with Crippen LogP contribution < -0.4 is 10.6 Å². The standard InChI is InChI=1S/C15H26N4O3/c1-11-5-3-4-6-13(11)21-10-9-17-15(20)16-8-7-14-18-12(2)19-22-14/h11,13H,3-10H2,1-2H3,(H2,16,17,20)/t11-,13+/m1/s1. The van der Waals surface area contributed by atoms with Crippen molar-refractivity contribution in [1.82, 2.24) is 20.8 Å². The van der Waals surface area contributed by atoms with Gasteiger partial charge in [0.05, 0.1) is 12.7 Å². The molecule has 1 heterocycles. The molecule has 0 bridgehead atoms. The monoisotopic (exact) mass is 310 g/mol. The fourth-order valence-electron chi connectivity index (χ4n) is 2.69. The summed E-state index contributed by atoms with van der Waals surface area (Å²) in [5, 5.41) is 9.24. The van der Waals surface area contributed by atoms with Crippen molar-refractivity contribution in [1.29, 1.82) is 0 Å². The van der Waals surface area contributed by atoms with Crippen molar-refractivity contribution >= 4 is 6.03 Å². The van der Waals surface area contributed by atoms with E-state index in [1.807, 2.05) is 0 Å². The predicted molar refractivity (Wildman–Crippen MR) is 81.5 cm³/mol. The van der Waals surface area contributed by atoms with Gasteiger partial charge in [-0.1, -0.05) is 24.9 Å². The highest BCUT2D eigenvalue weighted by atomic mass is 16.5. The van der Waals surface area contributed by atoms with E-state index in [-0.39, 0.29) is 6.03 Å². The summed E-state index contributed by atoms with van der Waals surface area (Å²) in [5.74, 6) is 1.77. The van der Waals surface area contributed by atoms with Crippen LogP contribution in [0.1, 0.15) is 44.3 Å². The van der Waals surface area contributed by atoms with Gasteiger partial charge in [0, 0.05) is 19.5 Å². The molecule has 2 atom stereocenters. The Morgan fingerprint density at radius 2 is 2.09 bits per heavy atom. The number of carbonyl (C=O) groups excluding carboxylic acids is 1. The van der Waals surface area contributed by atoms with Crippen LogP contribution in [0.4, 0.5) is 4.79 Å². The highest BCUT2D eigenvalue weighted by molar-refractivity contribution is 5.73. The molecule has 1 aromatic rings. The predicted octanol–water partition coefficient (Wildman–Crippen LogP) is 1.82. The fourth-order valence-corrected chi connectivity index (χ4v) is 2.69. The Morgan fingerprint density at radius 1 is 1.32 bits per heavy atom. The van der Waals surface area contributed by atoms with Crippen LogP contribution in [0.25, 0.3) is 0 Å². The van der Waals surface area contributed by atoms with Crippen molar-refractivity contribution in [3.63, 3.8) is 0 Å². The van der Waals surface area contributed by atoms with Crippen molar-refractivity contribution < 1.29 is 14.1 Å². The molecule has 22 heavy (non-hydrogen) atoms. The third-order valence-corrected chi connectivity index (χ3v) is 3.95. The molecule has 7 nitrogen and oxygen atoms in total. The van der Waals surface area contributed by atoms with Crippen molar-refractivity contribution in [2.45, 2.75) is 52.1 Å². The second-order valence-electron chi connectivity index (χ2n) is 5.84. The van der Waals surface area contributed by atoms with E-state index >= 15 is 0 Å². The van der Waals surface area contributed by atoms with Gasteiger partial charge in [-0.3, -0.25) is 0 Å². The van der Waals surface area contributed by atoms with Gasteiger partial charge in [-0.2, -0.15) is 4.98 Å². The molecule has 0 saturated heterocycles. The molecule has 0 spiro atoms. The maximum absolute atomic E-state index is 11.6. The molecule has 124 valence electrons. The summed E-state index contributed by atoms with van der Waals surface area (Å²) in [4.78, 5) is 15.7. The van der Waals surface area contributed by atoms with Crippen LogP contribution in [-0.4, -0.2) is 42.0 Å². The molecule has 1 aliphatic rings. The molecule has 0 aromatic carbocycles. The Morgan fingerprint density at radius 3 is 2.82 bits per heavy atom. The minimum absolute atomic E-state index is 0.198. The first kappa shape index (κ1) is 16.7. The van der Waals surface area contributed by atoms with Gasteiger partial charge in [-0.25, -0.2) is 4.79 Å². The molecule has 1 aliphatic carbocycles. The summed E-state index contributed by atoms with van der Waals surface area (Å²) in [7, 11) is 0. The maximum Gasteiger partial charge on any atom is 0.314 e. The van der Waals surface area contributed by atoms with Crippen molar-refractivity contribution in [3.8, 4) is 0 Å². The molecule has 0 radical (unpaired) electrons. The first-order chi connectivity index (χ1) is 10.6. The van der Waals surface area contributed by atoms with Gasteiger partial charge in [0.25, 0.3) is 0 Å². The quantitative estimate of drug-likeness (QED) is 0.750. The van der Waals surface area contributed by atoms with Crippen LogP contribution in [-0.2, 0) is 11.2 Å². The minimum atomic E-state index is -0.198. The van der Waals surface area contributed by atoms with E-state index in [0.29, 0.717) is 49.9 Å². The minimum Gasteiger partial charge on any atom is -0.376 e. The molecule has 1 fully saturated rings. The molecule has 2 rings (SSSR count). The van der Waals surface area contributed by atoms with Crippen molar-refractivity contribution in [2.75, 3.05) is 19.7 Å². The molecule has 7 heteroatoms. The van der Waals surface area contributed by atoms with Crippen LogP contribution in [0.2, 0.25) is 0 Å². The number of nitrogens with zero attached hydrogens (tertiary/aromatic N) is 2. The van der Waals surface area contributed by atoms with E-state index in [1.165, 1.54) is 19.3 Å². The molecular weight excluding hydrogens is 284 g/mol. The molecule has 0 aliphatic heterocycles. The first-order valence-electron chi connectivity index (χ1n) is 8.07. The number of nitrogens with one attached hydrogen (secondary N) is 2. The number of hydrogen-bond donors (Lipinski definition) is 2. The second kappa shape index (κ2) is 8.73. The number of aromatic nitrogens is 2. The van der Waals surface area contributed by atoms with E-state index in [9.17, 15) is 4.79 Å². The van der Waals surface area contributed by atoms with Crippen molar-refractivity contribution in [3.05, 3.63) is 11.7 Å². The Labute approximate surface area is 131 Å². The van der Waals surface area contributed by atoms with Gasteiger partial charge in [0.1, 0.15) is 0 Å². The molecule has 2 amide bonds. The Bertz CT molecular complexity index is 463. The normalized spacial score (nSPS) is 21.5. The SMILES string of the molecule is Cc1noc(CCNC(=O)NCCO[C@H]2CCCC[C@H]2C)n1. The van der Waals surface area contributed by atoms with Crippen LogP contribution >= 0.6 is 0 Å². The Balaban J connectivity index is 1.50. The van der Waals surface area contributed by atoms with E-state index in [0.717, 1.165) is 6.42 Å². The Kier molecular flexibility index (Phi) is 6.64. The van der Waals surface area contributed by atoms with Crippen molar-refractivity contribution in [2.24, 2.45) is 5.92 Å². The first-order valence-corrected chi connectivity index (χ1v) is 8.07. The smallest absolute Gasteiger partial charge is 0.314 e. The van der Waals surface area contributed by atoms with Crippen LogP contribution in [0.15, 0.2) is 4.52 Å². The number of urea groups is 1. The molecule has 1 aromatic heterocycles. The van der Waals surface area contributed by atoms with Crippen LogP contribution in [0, 0.1) is 12.8 Å². The van der Waals surface area contributed by atoms with E-state index in [4.69, 9.17) is 9.26 Å². The largest absolute Gasteiger partial charge is 0.376 e. The molecule has 1 saturated carbocycles. The fraction of sp³-hybridized carbons (Fsp3) is 0.800. The number of ether oxygens (including phenoxy) is 1. The number of hydrogen-bond acceptors (Lipinski definition) is 5. The van der Waals surface area contributed by atoms with Gasteiger partial charge in [0.15, 0.2) is 5.82 Å². The summed E-state index contributed by atoms with van der Waals surface area (Å²) in [6.07, 6.45) is 5.81. The average molecular weight is 310 g/mol. The molecule has 0 unspecified atom stereocenters. The summed E-state index contributed by atoms with van der Waals surface area (Å²) >= 11 is 0. The zero-order valence-electron chi connectivity index (χ0n) is 13.4. The highest BCUT2D eigenvalue weighted by Gasteiger charge is 2.21. The van der Waals surface area contributed by atoms with Gasteiger partial charge in [0.2, 0.25) is 5.89 Å². The number of rotatable bonds is 7. The van der Waals surface area contributed by atoms with Crippen LogP contribution in [0.3, 0.4) is 0 Å². The topological polar surface area (TPSA) is 89.3 Å². The van der Waals surface area contributed by atoms with E-state index < -0.39 is 0 Å². The summed E-state index contributed by atoms with van der Waals surface area (Å²) in [5.41, 5.74) is 0. The lowest BCUT2D eigenvalue weighted by Gasteiger charge is -2.28. The lowest BCUT2D eigenvalue weighted by Crippen LogP contribution is -2.39. The average Bonchev–Trinajstić information content (AvgIpc) is 2.91. The molecular formula is C15H26N4O3. The summed E-state index contributed by atoms with van der Waals surface area (Å²) in [6.45, 7) is 5.55. The number of amides is 2. The zero-order chi connectivity index (χ0) is 15.8. The van der Waals surface area contributed by atoms with Gasteiger partial charge in [-0.15, -0.1) is 0 Å². The summed E-state index contributed by atoms with van der Waals surface area (Å²) in [6, 6.07) is -0.198. The maximum atomic E-state index is 11.6.